The first-order valence-corrected chi connectivity index (χ1v) is 6.18. The molecule has 1 aromatic carbocycles. The summed E-state index contributed by atoms with van der Waals surface area (Å²) in [5.41, 5.74) is 8.31. The highest BCUT2D eigenvalue weighted by Gasteiger charge is 2.10. The molecule has 0 fully saturated rings. The monoisotopic (exact) mass is 241 g/mol. The summed E-state index contributed by atoms with van der Waals surface area (Å²) >= 11 is 0. The average molecular weight is 241 g/mol. The minimum absolute atomic E-state index is 0.396. The summed E-state index contributed by atoms with van der Waals surface area (Å²) in [5.74, 6) is 1.68. The molecule has 0 radical (unpaired) electrons. The zero-order chi connectivity index (χ0) is 12.4. The first-order valence-electron chi connectivity index (χ1n) is 6.18. The zero-order valence-electron chi connectivity index (χ0n) is 10.1. The van der Waals surface area contributed by atoms with E-state index in [-0.39, 0.29) is 0 Å². The first-order chi connectivity index (χ1) is 8.81. The van der Waals surface area contributed by atoms with Crippen molar-refractivity contribution < 1.29 is 4.74 Å². The van der Waals surface area contributed by atoms with Crippen molar-refractivity contribution in [3.05, 3.63) is 41.7 Å². The Bertz CT molecular complexity index is 551. The van der Waals surface area contributed by atoms with Gasteiger partial charge in [0.1, 0.15) is 11.6 Å². The van der Waals surface area contributed by atoms with Crippen LogP contribution in [0.1, 0.15) is 24.0 Å². The zero-order valence-corrected chi connectivity index (χ0v) is 10.1. The molecule has 1 aromatic heterocycles. The fraction of sp³-hybridized carbons (Fsp3) is 0.286. The van der Waals surface area contributed by atoms with E-state index in [9.17, 15) is 0 Å². The Morgan fingerprint density at radius 2 is 1.83 bits per heavy atom. The van der Waals surface area contributed by atoms with Crippen molar-refractivity contribution in [3.8, 4) is 11.6 Å². The summed E-state index contributed by atoms with van der Waals surface area (Å²) in [4.78, 5) is 8.03. The molecule has 3 rings (SSSR count). The van der Waals surface area contributed by atoms with Crippen molar-refractivity contribution in [2.24, 2.45) is 0 Å². The van der Waals surface area contributed by atoms with Crippen LogP contribution in [-0.2, 0) is 12.8 Å². The van der Waals surface area contributed by atoms with E-state index in [2.05, 4.69) is 22.1 Å². The molecule has 92 valence electrons. The molecular weight excluding hydrogens is 226 g/mol. The molecular formula is C14H15N3O. The van der Waals surface area contributed by atoms with E-state index in [1.807, 2.05) is 6.07 Å². The topological polar surface area (TPSA) is 61.0 Å². The van der Waals surface area contributed by atoms with Crippen molar-refractivity contribution >= 4 is 5.82 Å². The Kier molecular flexibility index (Phi) is 2.84. The van der Waals surface area contributed by atoms with Gasteiger partial charge in [-0.2, -0.15) is 0 Å². The van der Waals surface area contributed by atoms with Gasteiger partial charge >= 0.3 is 0 Å². The van der Waals surface area contributed by atoms with Crippen LogP contribution < -0.4 is 10.5 Å². The highest BCUT2D eigenvalue weighted by molar-refractivity contribution is 5.38. The Balaban J connectivity index is 1.82. The number of nitrogens with two attached hydrogens (primary N) is 1. The van der Waals surface area contributed by atoms with Gasteiger partial charge in [-0.3, -0.25) is 0 Å². The number of rotatable bonds is 2. The molecule has 0 bridgehead atoms. The first kappa shape index (κ1) is 11.0. The third-order valence-electron chi connectivity index (χ3n) is 3.19. The van der Waals surface area contributed by atoms with Crippen LogP contribution >= 0.6 is 0 Å². The Morgan fingerprint density at radius 1 is 1.00 bits per heavy atom. The quantitative estimate of drug-likeness (QED) is 0.878. The minimum Gasteiger partial charge on any atom is -0.437 e. The van der Waals surface area contributed by atoms with Crippen LogP contribution in [0, 0.1) is 0 Å². The van der Waals surface area contributed by atoms with E-state index >= 15 is 0 Å². The average Bonchev–Trinajstić information content (AvgIpc) is 2.41. The second kappa shape index (κ2) is 4.64. The summed E-state index contributed by atoms with van der Waals surface area (Å²) in [7, 11) is 0. The van der Waals surface area contributed by atoms with Gasteiger partial charge in [-0.05, 0) is 48.9 Å². The summed E-state index contributed by atoms with van der Waals surface area (Å²) in [6.07, 6.45) is 7.90. The number of aryl methyl sites for hydroxylation is 2. The van der Waals surface area contributed by atoms with Gasteiger partial charge in [-0.25, -0.2) is 9.97 Å². The highest BCUT2D eigenvalue weighted by Crippen LogP contribution is 2.27. The summed E-state index contributed by atoms with van der Waals surface area (Å²) < 4.78 is 5.67. The summed E-state index contributed by atoms with van der Waals surface area (Å²) in [5, 5.41) is 0. The molecule has 4 heteroatoms. The van der Waals surface area contributed by atoms with Crippen molar-refractivity contribution in [2.45, 2.75) is 25.7 Å². The van der Waals surface area contributed by atoms with E-state index in [1.165, 1.54) is 42.8 Å². The van der Waals surface area contributed by atoms with Gasteiger partial charge in [0.05, 0.1) is 12.4 Å². The van der Waals surface area contributed by atoms with Gasteiger partial charge < -0.3 is 10.5 Å². The van der Waals surface area contributed by atoms with Crippen molar-refractivity contribution in [3.63, 3.8) is 0 Å². The lowest BCUT2D eigenvalue weighted by molar-refractivity contribution is 0.459. The predicted molar refractivity (Wildman–Crippen MR) is 69.6 cm³/mol. The van der Waals surface area contributed by atoms with Crippen molar-refractivity contribution in [2.75, 3.05) is 5.73 Å². The summed E-state index contributed by atoms with van der Waals surface area (Å²) in [6.45, 7) is 0. The van der Waals surface area contributed by atoms with E-state index in [0.29, 0.717) is 11.7 Å². The Hall–Kier alpha value is -2.10. The molecule has 0 aliphatic heterocycles. The molecule has 0 amide bonds. The maximum atomic E-state index is 5.67. The number of hydrogen-bond acceptors (Lipinski definition) is 4. The minimum atomic E-state index is 0.396. The fourth-order valence-electron chi connectivity index (χ4n) is 2.27. The van der Waals surface area contributed by atoms with Crippen molar-refractivity contribution in [1.29, 1.82) is 0 Å². The highest BCUT2D eigenvalue weighted by atomic mass is 16.5. The Morgan fingerprint density at radius 3 is 2.61 bits per heavy atom. The molecule has 0 atom stereocenters. The molecule has 0 spiro atoms. The number of aromatic nitrogens is 2. The molecule has 1 aliphatic carbocycles. The van der Waals surface area contributed by atoms with Crippen molar-refractivity contribution in [1.82, 2.24) is 9.97 Å². The smallest absolute Gasteiger partial charge is 0.237 e. The molecule has 1 aliphatic rings. The number of benzene rings is 1. The third-order valence-corrected chi connectivity index (χ3v) is 3.19. The fourth-order valence-corrected chi connectivity index (χ4v) is 2.27. The van der Waals surface area contributed by atoms with E-state index in [0.717, 1.165) is 12.2 Å². The molecule has 18 heavy (non-hydrogen) atoms. The van der Waals surface area contributed by atoms with Gasteiger partial charge in [0.25, 0.3) is 0 Å². The SMILES string of the molecule is Nc1cnc(Oc2ccc3c(c2)CCCC3)cn1. The van der Waals surface area contributed by atoms with Crippen LogP contribution in [-0.4, -0.2) is 9.97 Å². The van der Waals surface area contributed by atoms with Gasteiger partial charge in [0.2, 0.25) is 5.88 Å². The number of ether oxygens (including phenoxy) is 1. The molecule has 2 N–H and O–H groups in total. The molecule has 1 heterocycles. The van der Waals surface area contributed by atoms with Gasteiger partial charge in [-0.15, -0.1) is 0 Å². The lowest BCUT2D eigenvalue weighted by Crippen LogP contribution is -2.02. The number of anilines is 1. The number of nitrogens with zero attached hydrogens (tertiary/aromatic N) is 2. The maximum absolute atomic E-state index is 5.67. The third kappa shape index (κ3) is 2.27. The normalized spacial score (nSPS) is 14.0. The van der Waals surface area contributed by atoms with Crippen LogP contribution in [0.2, 0.25) is 0 Å². The van der Waals surface area contributed by atoms with Crippen LogP contribution in [0.25, 0.3) is 0 Å². The number of hydrogen-bond donors (Lipinski definition) is 1. The van der Waals surface area contributed by atoms with Crippen LogP contribution in [0.3, 0.4) is 0 Å². The van der Waals surface area contributed by atoms with Gasteiger partial charge in [0, 0.05) is 0 Å². The second-order valence-electron chi connectivity index (χ2n) is 4.52. The summed E-state index contributed by atoms with van der Waals surface area (Å²) in [6, 6.07) is 6.24. The van der Waals surface area contributed by atoms with Crippen LogP contribution in [0.15, 0.2) is 30.6 Å². The number of nitrogen functional groups attached to an aromatic ring is 1. The molecule has 0 saturated carbocycles. The van der Waals surface area contributed by atoms with E-state index in [1.54, 1.807) is 0 Å². The second-order valence-corrected chi connectivity index (χ2v) is 4.52. The number of fused-ring (bicyclic) bond motifs is 1. The van der Waals surface area contributed by atoms with Gasteiger partial charge in [-0.1, -0.05) is 6.07 Å². The molecule has 2 aromatic rings. The standard InChI is InChI=1S/C14H15N3O/c15-13-8-17-14(9-16-13)18-12-6-5-10-3-1-2-4-11(10)7-12/h5-9H,1-4H2,(H2,15,16). The van der Waals surface area contributed by atoms with Crippen LogP contribution in [0.5, 0.6) is 11.6 Å². The van der Waals surface area contributed by atoms with Gasteiger partial charge in [0.15, 0.2) is 0 Å². The predicted octanol–water partition coefficient (Wildman–Crippen LogP) is 2.73. The largest absolute Gasteiger partial charge is 0.437 e. The molecule has 4 nitrogen and oxygen atoms in total. The van der Waals surface area contributed by atoms with E-state index < -0.39 is 0 Å². The lowest BCUT2D eigenvalue weighted by Gasteiger charge is -2.16. The van der Waals surface area contributed by atoms with E-state index in [4.69, 9.17) is 10.5 Å². The molecule has 0 unspecified atom stereocenters. The molecule has 0 saturated heterocycles. The lowest BCUT2D eigenvalue weighted by atomic mass is 9.92. The Labute approximate surface area is 106 Å². The van der Waals surface area contributed by atoms with Crippen LogP contribution in [0.4, 0.5) is 5.82 Å². The maximum Gasteiger partial charge on any atom is 0.237 e.